The van der Waals surface area contributed by atoms with Crippen LogP contribution < -0.4 is 10.6 Å². The Bertz CT molecular complexity index is 767. The summed E-state index contributed by atoms with van der Waals surface area (Å²) in [6, 6.07) is -1.25. The van der Waals surface area contributed by atoms with E-state index in [2.05, 4.69) is 30.0 Å². The number of hydrogen-bond acceptors (Lipinski definition) is 21. The number of carbonyl (C=O) groups is 3. The molecule has 3 atom stereocenters. The van der Waals surface area contributed by atoms with Gasteiger partial charge in [0.1, 0.15) is 31.5 Å². The number of amides is 2. The molecule has 0 heterocycles. The SMILES string of the molecule is O=C(NCCCCC(NC(=O)OCCCCC(CON(O)O)ON(O)O)C(=O)O)OCCCCC(CON(O)O)ON(O)O. The quantitative estimate of drug-likeness (QED) is 0.0415. The van der Waals surface area contributed by atoms with Gasteiger partial charge < -0.3 is 25.2 Å². The maximum atomic E-state index is 11.9. The first-order valence-corrected chi connectivity index (χ1v) is 13.2. The summed E-state index contributed by atoms with van der Waals surface area (Å²) in [6.07, 6.45) is -1.24. The summed E-state index contributed by atoms with van der Waals surface area (Å²) in [4.78, 5) is 53.0. The number of alkyl carbamates (subject to hydrolysis) is 2. The first-order chi connectivity index (χ1) is 20.8. The van der Waals surface area contributed by atoms with Crippen LogP contribution in [0.15, 0.2) is 0 Å². The van der Waals surface area contributed by atoms with Gasteiger partial charge >= 0.3 is 18.2 Å². The second kappa shape index (κ2) is 25.7. The third-order valence-corrected chi connectivity index (χ3v) is 5.32. The fourth-order valence-corrected chi connectivity index (χ4v) is 3.33. The monoisotopic (exact) mass is 654 g/mol. The highest BCUT2D eigenvalue weighted by molar-refractivity contribution is 5.79. The zero-order chi connectivity index (χ0) is 33.3. The number of ether oxygens (including phenoxy) is 2. The molecule has 24 nitrogen and oxygen atoms in total. The van der Waals surface area contributed by atoms with E-state index in [1.165, 1.54) is 0 Å². The largest absolute Gasteiger partial charge is 0.480 e. The Hall–Kier alpha value is -2.63. The van der Waals surface area contributed by atoms with E-state index < -0.39 is 71.2 Å². The van der Waals surface area contributed by atoms with Crippen LogP contribution in [0, 0.1) is 0 Å². The van der Waals surface area contributed by atoms with Crippen LogP contribution in [0.4, 0.5) is 9.59 Å². The van der Waals surface area contributed by atoms with Gasteiger partial charge in [0.25, 0.3) is 0 Å². The number of aliphatic carboxylic acids is 1. The number of nitrogens with zero attached hydrogens (tertiary/aromatic N) is 4. The minimum absolute atomic E-state index is 0.0134. The van der Waals surface area contributed by atoms with Crippen LogP contribution >= 0.6 is 0 Å². The number of nitrogens with one attached hydrogen (secondary N) is 2. The summed E-state index contributed by atoms with van der Waals surface area (Å²) in [7, 11) is 0. The Labute approximate surface area is 250 Å². The molecule has 0 radical (unpaired) electrons. The van der Waals surface area contributed by atoms with Crippen LogP contribution in [0.1, 0.15) is 57.8 Å². The van der Waals surface area contributed by atoms with E-state index in [0.29, 0.717) is 32.1 Å². The molecule has 44 heavy (non-hydrogen) atoms. The van der Waals surface area contributed by atoms with Gasteiger partial charge in [0, 0.05) is 6.54 Å². The molecule has 0 aromatic rings. The van der Waals surface area contributed by atoms with Crippen LogP contribution in [0.5, 0.6) is 0 Å². The van der Waals surface area contributed by atoms with Crippen molar-refractivity contribution in [2.24, 2.45) is 0 Å². The van der Waals surface area contributed by atoms with Gasteiger partial charge in [-0.3, -0.25) is 41.7 Å². The minimum Gasteiger partial charge on any atom is -0.480 e. The lowest BCUT2D eigenvalue weighted by atomic mass is 10.1. The molecule has 2 amide bonds. The fourth-order valence-electron chi connectivity index (χ4n) is 3.33. The van der Waals surface area contributed by atoms with Crippen LogP contribution in [-0.4, -0.2) is 138 Å². The predicted molar refractivity (Wildman–Crippen MR) is 130 cm³/mol. The summed E-state index contributed by atoms with van der Waals surface area (Å²) in [5.41, 5.74) is 0. The molecule has 0 bridgehead atoms. The van der Waals surface area contributed by atoms with Gasteiger partial charge in [0.15, 0.2) is 0 Å². The topological polar surface area (TPSA) is 326 Å². The molecule has 0 aromatic heterocycles. The second-order valence-corrected chi connectivity index (χ2v) is 8.78. The second-order valence-electron chi connectivity index (χ2n) is 8.78. The van der Waals surface area contributed by atoms with Crippen LogP contribution in [0.3, 0.4) is 0 Å². The molecule has 0 saturated carbocycles. The lowest BCUT2D eigenvalue weighted by molar-refractivity contribution is -0.527. The van der Waals surface area contributed by atoms with Crippen molar-refractivity contribution in [3.8, 4) is 0 Å². The van der Waals surface area contributed by atoms with Crippen LogP contribution in [-0.2, 0) is 33.6 Å². The Morgan fingerprint density at radius 2 is 1.05 bits per heavy atom. The normalized spacial score (nSPS) is 13.7. The first-order valence-electron chi connectivity index (χ1n) is 13.2. The number of hydrogen-bond donors (Lipinski definition) is 11. The molecule has 0 aliphatic carbocycles. The lowest BCUT2D eigenvalue weighted by Gasteiger charge is -2.19. The summed E-state index contributed by atoms with van der Waals surface area (Å²) in [5, 5.41) is 80.7. The highest BCUT2D eigenvalue weighted by Crippen LogP contribution is 2.09. The van der Waals surface area contributed by atoms with Crippen molar-refractivity contribution >= 4 is 18.2 Å². The van der Waals surface area contributed by atoms with E-state index in [-0.39, 0.29) is 45.4 Å². The van der Waals surface area contributed by atoms with E-state index in [1.807, 2.05) is 0 Å². The van der Waals surface area contributed by atoms with E-state index in [9.17, 15) is 19.5 Å². The van der Waals surface area contributed by atoms with Crippen molar-refractivity contribution < 1.29 is 90.0 Å². The molecular formula is C20H42N6O18. The van der Waals surface area contributed by atoms with E-state index in [0.717, 1.165) is 0 Å². The predicted octanol–water partition coefficient (Wildman–Crippen LogP) is 0.188. The maximum Gasteiger partial charge on any atom is 0.407 e. The zero-order valence-electron chi connectivity index (χ0n) is 23.6. The minimum atomic E-state index is -1.29. The Balaban J connectivity index is 4.08. The zero-order valence-corrected chi connectivity index (χ0v) is 23.6. The molecule has 0 aliphatic heterocycles. The fraction of sp³-hybridized carbons (Fsp3) is 0.850. The molecule has 11 N–H and O–H groups in total. The molecule has 24 heteroatoms. The van der Waals surface area contributed by atoms with Crippen molar-refractivity contribution in [3.05, 3.63) is 0 Å². The van der Waals surface area contributed by atoms with Gasteiger partial charge in [-0.25, -0.2) is 33.7 Å². The van der Waals surface area contributed by atoms with Gasteiger partial charge in [0.05, 0.1) is 34.8 Å². The average molecular weight is 655 g/mol. The molecule has 0 spiro atoms. The van der Waals surface area contributed by atoms with Crippen molar-refractivity contribution in [1.82, 2.24) is 32.2 Å². The molecule has 0 fully saturated rings. The van der Waals surface area contributed by atoms with Gasteiger partial charge in [-0.05, 0) is 57.8 Å². The first kappa shape index (κ1) is 41.4. The number of carboxylic acids is 1. The molecule has 0 aliphatic rings. The number of unbranched alkanes of at least 4 members (excludes halogenated alkanes) is 3. The molecular weight excluding hydrogens is 612 g/mol. The molecule has 3 unspecified atom stereocenters. The molecule has 260 valence electrons. The summed E-state index contributed by atoms with van der Waals surface area (Å²) >= 11 is 0. The third kappa shape index (κ3) is 25.8. The molecule has 0 aromatic carbocycles. The highest BCUT2D eigenvalue weighted by Gasteiger charge is 2.21. The average Bonchev–Trinajstić information content (AvgIpc) is 2.92. The lowest BCUT2D eigenvalue weighted by Crippen LogP contribution is -2.41. The number of carbonyl (C=O) groups excluding carboxylic acids is 2. The third-order valence-electron chi connectivity index (χ3n) is 5.32. The summed E-state index contributed by atoms with van der Waals surface area (Å²) < 4.78 is 9.91. The Kier molecular flexibility index (Phi) is 24.1. The smallest absolute Gasteiger partial charge is 0.407 e. The van der Waals surface area contributed by atoms with Crippen molar-refractivity contribution in [3.63, 3.8) is 0 Å². The summed E-state index contributed by atoms with van der Waals surface area (Å²) in [5.74, 6) is -1.29. The van der Waals surface area contributed by atoms with Crippen molar-refractivity contribution in [2.75, 3.05) is 33.0 Å². The highest BCUT2D eigenvalue weighted by atomic mass is 17.1. The van der Waals surface area contributed by atoms with Crippen molar-refractivity contribution in [2.45, 2.75) is 76.0 Å². The van der Waals surface area contributed by atoms with Gasteiger partial charge in [-0.2, -0.15) is 0 Å². The van der Waals surface area contributed by atoms with E-state index >= 15 is 0 Å². The van der Waals surface area contributed by atoms with Gasteiger partial charge in [0.2, 0.25) is 0 Å². The number of carboxylic acid groups (broad SMARTS) is 1. The van der Waals surface area contributed by atoms with E-state index in [4.69, 9.17) is 51.1 Å². The summed E-state index contributed by atoms with van der Waals surface area (Å²) in [6.45, 7) is -0.797. The maximum absolute atomic E-state index is 11.9. The Morgan fingerprint density at radius 3 is 1.48 bits per heavy atom. The van der Waals surface area contributed by atoms with Crippen LogP contribution in [0.25, 0.3) is 0 Å². The number of rotatable bonds is 27. The standard InChI is InChI=1S/C20H42N6O18/c27-18(28)17(22-20(30)40-12-6-3-8-16(44-26(37)38)14-42-24(33)34)9-1-4-10-21-19(29)39-11-5-2-7-15(43-25(35)36)13-41-23(31)32/h15-17,31-38H,1-14H2,(H,21,29)(H,22,30)(H,27,28). The van der Waals surface area contributed by atoms with Crippen molar-refractivity contribution in [1.29, 1.82) is 0 Å². The van der Waals surface area contributed by atoms with Gasteiger partial charge in [-0.1, -0.05) is 0 Å². The van der Waals surface area contributed by atoms with E-state index in [1.54, 1.807) is 0 Å². The molecule has 0 rings (SSSR count). The molecule has 0 saturated heterocycles. The Morgan fingerprint density at radius 1 is 0.591 bits per heavy atom. The van der Waals surface area contributed by atoms with Gasteiger partial charge in [-0.15, -0.1) is 0 Å². The van der Waals surface area contributed by atoms with Crippen LogP contribution in [0.2, 0.25) is 0 Å².